The average molecular weight is 484 g/mol. The van der Waals surface area contributed by atoms with Crippen LogP contribution < -0.4 is 10.6 Å². The smallest absolute Gasteiger partial charge is 0.240 e. The molecule has 1 saturated heterocycles. The topological polar surface area (TPSA) is 75.2 Å². The third-order valence-electron chi connectivity index (χ3n) is 3.91. The van der Waals surface area contributed by atoms with Crippen molar-refractivity contribution in [2.24, 2.45) is 10.9 Å². The fraction of sp³-hybridized carbons (Fsp3) is 0.889. The highest BCUT2D eigenvalue weighted by molar-refractivity contribution is 14.0. The Kier molecular flexibility index (Phi) is 13.2. The maximum absolute atomic E-state index is 12.0. The summed E-state index contributed by atoms with van der Waals surface area (Å²) in [5.41, 5.74) is -0.226. The van der Waals surface area contributed by atoms with E-state index in [9.17, 15) is 4.79 Å². The number of hydrogen-bond acceptors (Lipinski definition) is 4. The van der Waals surface area contributed by atoms with Gasteiger partial charge in [-0.15, -0.1) is 24.0 Å². The highest BCUT2D eigenvalue weighted by Crippen LogP contribution is 2.14. The zero-order valence-corrected chi connectivity index (χ0v) is 19.3. The van der Waals surface area contributed by atoms with Gasteiger partial charge in [0, 0.05) is 52.6 Å². The molecular formula is C18H37IN4O3. The monoisotopic (exact) mass is 484 g/mol. The van der Waals surface area contributed by atoms with E-state index in [0.29, 0.717) is 11.9 Å². The lowest BCUT2D eigenvalue weighted by Gasteiger charge is -2.25. The van der Waals surface area contributed by atoms with Crippen LogP contribution >= 0.6 is 24.0 Å². The first-order valence-electron chi connectivity index (χ1n) is 9.20. The number of guanidine groups is 1. The van der Waals surface area contributed by atoms with Crippen LogP contribution in [0.15, 0.2) is 4.99 Å². The van der Waals surface area contributed by atoms with Crippen LogP contribution in [0.1, 0.15) is 40.0 Å². The molecule has 7 nitrogen and oxygen atoms in total. The zero-order valence-electron chi connectivity index (χ0n) is 17.0. The number of halogens is 1. The van der Waals surface area contributed by atoms with Gasteiger partial charge >= 0.3 is 0 Å². The summed E-state index contributed by atoms with van der Waals surface area (Å²) >= 11 is 0. The van der Waals surface area contributed by atoms with Gasteiger partial charge in [-0.3, -0.25) is 9.79 Å². The second kappa shape index (κ2) is 13.5. The van der Waals surface area contributed by atoms with Crippen LogP contribution in [0.4, 0.5) is 0 Å². The minimum absolute atomic E-state index is 0. The van der Waals surface area contributed by atoms with E-state index in [1.165, 1.54) is 0 Å². The van der Waals surface area contributed by atoms with Crippen LogP contribution in [0.2, 0.25) is 0 Å². The number of aliphatic imine (C=N–C) groups is 1. The van der Waals surface area contributed by atoms with E-state index in [1.807, 2.05) is 32.7 Å². The fourth-order valence-electron chi connectivity index (χ4n) is 2.67. The van der Waals surface area contributed by atoms with E-state index < -0.39 is 0 Å². The number of hydrogen-bond donors (Lipinski definition) is 2. The van der Waals surface area contributed by atoms with Crippen molar-refractivity contribution in [1.82, 2.24) is 15.5 Å². The molecule has 1 heterocycles. The van der Waals surface area contributed by atoms with Crippen LogP contribution in [-0.4, -0.2) is 75.9 Å². The van der Waals surface area contributed by atoms with Crippen molar-refractivity contribution in [3.8, 4) is 0 Å². The molecule has 1 fully saturated rings. The first-order valence-corrected chi connectivity index (χ1v) is 9.20. The number of nitrogens with one attached hydrogen (secondary N) is 2. The maximum atomic E-state index is 12.0. The lowest BCUT2D eigenvalue weighted by molar-refractivity contribution is -0.122. The van der Waals surface area contributed by atoms with E-state index in [0.717, 1.165) is 52.2 Å². The van der Waals surface area contributed by atoms with Gasteiger partial charge in [0.05, 0.1) is 6.54 Å². The summed E-state index contributed by atoms with van der Waals surface area (Å²) in [5.74, 6) is 1.34. The number of amides is 1. The number of carbonyl (C=O) groups excluding carboxylic acids is 1. The molecule has 1 aliphatic heterocycles. The number of nitrogens with zero attached hydrogens (tertiary/aromatic N) is 2. The highest BCUT2D eigenvalue weighted by Gasteiger charge is 2.16. The summed E-state index contributed by atoms with van der Waals surface area (Å²) < 4.78 is 11.1. The molecule has 154 valence electrons. The third kappa shape index (κ3) is 11.9. The van der Waals surface area contributed by atoms with Gasteiger partial charge < -0.3 is 25.0 Å². The molecule has 0 atom stereocenters. The predicted molar refractivity (Wildman–Crippen MR) is 116 cm³/mol. The molecule has 0 unspecified atom stereocenters. The second-order valence-corrected chi connectivity index (χ2v) is 7.61. The Bertz CT molecular complexity index is 421. The highest BCUT2D eigenvalue weighted by atomic mass is 127. The van der Waals surface area contributed by atoms with Gasteiger partial charge in [-0.1, -0.05) is 0 Å². The van der Waals surface area contributed by atoms with Gasteiger partial charge in [-0.2, -0.15) is 0 Å². The van der Waals surface area contributed by atoms with Gasteiger partial charge in [0.1, 0.15) is 0 Å². The van der Waals surface area contributed by atoms with Crippen molar-refractivity contribution in [2.75, 3.05) is 53.6 Å². The number of likely N-dealkylation sites (N-methyl/N-ethyl adjacent to an activating group) is 1. The van der Waals surface area contributed by atoms with Crippen LogP contribution in [0.3, 0.4) is 0 Å². The molecule has 0 aromatic heterocycles. The Morgan fingerprint density at radius 1 is 1.31 bits per heavy atom. The van der Waals surface area contributed by atoms with E-state index >= 15 is 0 Å². The van der Waals surface area contributed by atoms with E-state index in [4.69, 9.17) is 9.47 Å². The largest absolute Gasteiger partial charge is 0.381 e. The quantitative estimate of drug-likeness (QED) is 0.238. The van der Waals surface area contributed by atoms with Gasteiger partial charge in [0.25, 0.3) is 0 Å². The molecule has 1 rings (SSSR count). The summed E-state index contributed by atoms with van der Waals surface area (Å²) in [7, 11) is 3.58. The fourth-order valence-corrected chi connectivity index (χ4v) is 2.67. The number of carbonyl (C=O) groups is 1. The van der Waals surface area contributed by atoms with E-state index in [1.54, 1.807) is 7.05 Å². The molecule has 1 aliphatic rings. The molecule has 0 aromatic carbocycles. The van der Waals surface area contributed by atoms with Crippen molar-refractivity contribution in [2.45, 2.75) is 45.6 Å². The molecule has 0 saturated carbocycles. The Labute approximate surface area is 175 Å². The van der Waals surface area contributed by atoms with Crippen molar-refractivity contribution in [3.05, 3.63) is 0 Å². The minimum atomic E-state index is -0.226. The lowest BCUT2D eigenvalue weighted by atomic mass is 10.0. The molecule has 0 aliphatic carbocycles. The SMILES string of the molecule is CN=C(NCCCOCC1CCOCC1)N(C)CC(=O)NC(C)(C)C.I. The van der Waals surface area contributed by atoms with Crippen LogP contribution in [0.5, 0.6) is 0 Å². The summed E-state index contributed by atoms with van der Waals surface area (Å²) in [4.78, 5) is 18.0. The molecule has 0 bridgehead atoms. The van der Waals surface area contributed by atoms with Crippen LogP contribution in [0.25, 0.3) is 0 Å². The molecule has 26 heavy (non-hydrogen) atoms. The van der Waals surface area contributed by atoms with Crippen LogP contribution in [0, 0.1) is 5.92 Å². The molecule has 8 heteroatoms. The molecule has 2 N–H and O–H groups in total. The molecule has 0 radical (unpaired) electrons. The van der Waals surface area contributed by atoms with Crippen molar-refractivity contribution in [1.29, 1.82) is 0 Å². The Hall–Kier alpha value is -0.610. The number of rotatable bonds is 8. The normalized spacial score (nSPS) is 16.0. The zero-order chi connectivity index (χ0) is 18.7. The summed E-state index contributed by atoms with van der Waals surface area (Å²) in [6.45, 7) is 10.2. The molecule has 0 spiro atoms. The molecule has 0 aromatic rings. The lowest BCUT2D eigenvalue weighted by Crippen LogP contribution is -2.48. The summed E-state index contributed by atoms with van der Waals surface area (Å²) in [6.07, 6.45) is 3.11. The van der Waals surface area contributed by atoms with Gasteiger partial charge in [0.15, 0.2) is 5.96 Å². The minimum Gasteiger partial charge on any atom is -0.381 e. The Morgan fingerprint density at radius 3 is 2.54 bits per heavy atom. The summed E-state index contributed by atoms with van der Waals surface area (Å²) in [6, 6.07) is 0. The van der Waals surface area contributed by atoms with Crippen molar-refractivity contribution >= 4 is 35.8 Å². The first kappa shape index (κ1) is 25.4. The van der Waals surface area contributed by atoms with Crippen molar-refractivity contribution < 1.29 is 14.3 Å². The molecule has 1 amide bonds. The first-order chi connectivity index (χ1) is 11.8. The predicted octanol–water partition coefficient (Wildman–Crippen LogP) is 1.86. The van der Waals surface area contributed by atoms with E-state index in [2.05, 4.69) is 15.6 Å². The summed E-state index contributed by atoms with van der Waals surface area (Å²) in [5, 5.41) is 6.22. The van der Waals surface area contributed by atoms with Crippen LogP contribution in [-0.2, 0) is 14.3 Å². The van der Waals surface area contributed by atoms with Gasteiger partial charge in [-0.25, -0.2) is 0 Å². The van der Waals surface area contributed by atoms with Gasteiger partial charge in [0.2, 0.25) is 5.91 Å². The maximum Gasteiger partial charge on any atom is 0.240 e. The number of ether oxygens (including phenoxy) is 2. The van der Waals surface area contributed by atoms with Gasteiger partial charge in [-0.05, 0) is 46.0 Å². The average Bonchev–Trinajstić information content (AvgIpc) is 2.53. The van der Waals surface area contributed by atoms with E-state index in [-0.39, 0.29) is 42.0 Å². The second-order valence-electron chi connectivity index (χ2n) is 7.61. The Morgan fingerprint density at radius 2 is 1.96 bits per heavy atom. The molecular weight excluding hydrogens is 447 g/mol. The standard InChI is InChI=1S/C18H36N4O3.HI/c1-18(2,3)21-16(23)13-22(5)17(19-4)20-9-6-10-25-14-15-7-11-24-12-8-15;/h15H,6-14H2,1-5H3,(H,19,20)(H,21,23);1H. The van der Waals surface area contributed by atoms with Crippen molar-refractivity contribution in [3.63, 3.8) is 0 Å². The Balaban J connectivity index is 0.00000625. The third-order valence-corrected chi connectivity index (χ3v) is 3.91.